The lowest BCUT2D eigenvalue weighted by Gasteiger charge is -2.27. The minimum atomic E-state index is 0.856. The van der Waals surface area contributed by atoms with Crippen molar-refractivity contribution in [2.45, 2.75) is 6.54 Å². The molecule has 1 aliphatic rings. The van der Waals surface area contributed by atoms with Crippen LogP contribution in [-0.2, 0) is 11.3 Å². The molecular formula is C14H23N3O. The van der Waals surface area contributed by atoms with Crippen LogP contribution in [0.4, 0.5) is 11.4 Å². The van der Waals surface area contributed by atoms with E-state index in [9.17, 15) is 0 Å². The summed E-state index contributed by atoms with van der Waals surface area (Å²) in [6, 6.07) is 6.64. The quantitative estimate of drug-likeness (QED) is 0.877. The molecule has 0 aliphatic carbocycles. The van der Waals surface area contributed by atoms with Crippen LogP contribution in [0.15, 0.2) is 18.2 Å². The molecule has 18 heavy (non-hydrogen) atoms. The molecule has 1 aromatic rings. The van der Waals surface area contributed by atoms with E-state index in [0.717, 1.165) is 32.8 Å². The molecule has 1 saturated heterocycles. The van der Waals surface area contributed by atoms with Crippen LogP contribution in [0.2, 0.25) is 0 Å². The van der Waals surface area contributed by atoms with Gasteiger partial charge in [-0.3, -0.25) is 4.90 Å². The Morgan fingerprint density at radius 1 is 1.28 bits per heavy atom. The van der Waals surface area contributed by atoms with E-state index in [1.54, 1.807) is 0 Å². The molecule has 100 valence electrons. The van der Waals surface area contributed by atoms with Crippen LogP contribution in [-0.4, -0.2) is 52.3 Å². The minimum Gasteiger partial charge on any atom is -0.386 e. The van der Waals surface area contributed by atoms with E-state index in [0.29, 0.717) is 0 Å². The number of anilines is 2. The van der Waals surface area contributed by atoms with Crippen LogP contribution >= 0.6 is 0 Å². The highest BCUT2D eigenvalue weighted by atomic mass is 16.5. The summed E-state index contributed by atoms with van der Waals surface area (Å²) in [5.41, 5.74) is 3.76. The number of ether oxygens (including phenoxy) is 1. The Balaban J connectivity index is 2.09. The van der Waals surface area contributed by atoms with Crippen molar-refractivity contribution in [1.82, 2.24) is 4.90 Å². The van der Waals surface area contributed by atoms with Gasteiger partial charge in [0.25, 0.3) is 0 Å². The lowest BCUT2D eigenvalue weighted by molar-refractivity contribution is 0.0342. The molecule has 0 bridgehead atoms. The molecule has 0 spiro atoms. The Morgan fingerprint density at radius 3 is 2.61 bits per heavy atom. The largest absolute Gasteiger partial charge is 0.386 e. The fourth-order valence-corrected chi connectivity index (χ4v) is 2.29. The molecule has 0 radical (unpaired) electrons. The third kappa shape index (κ3) is 3.15. The van der Waals surface area contributed by atoms with Crippen molar-refractivity contribution in [3.8, 4) is 0 Å². The summed E-state index contributed by atoms with van der Waals surface area (Å²) >= 11 is 0. The Hall–Kier alpha value is -1.26. The molecule has 0 unspecified atom stereocenters. The molecule has 0 aromatic heterocycles. The zero-order chi connectivity index (χ0) is 13.0. The van der Waals surface area contributed by atoms with Crippen molar-refractivity contribution in [2.75, 3.05) is 57.7 Å². The Kier molecular flexibility index (Phi) is 4.44. The maximum atomic E-state index is 5.37. The van der Waals surface area contributed by atoms with E-state index in [-0.39, 0.29) is 0 Å². The zero-order valence-corrected chi connectivity index (χ0v) is 11.6. The third-order valence-electron chi connectivity index (χ3n) is 3.32. The predicted octanol–water partition coefficient (Wildman–Crippen LogP) is 1.63. The van der Waals surface area contributed by atoms with Crippen molar-refractivity contribution >= 4 is 11.4 Å². The molecule has 1 aromatic carbocycles. The average molecular weight is 249 g/mol. The van der Waals surface area contributed by atoms with Crippen molar-refractivity contribution in [2.24, 2.45) is 0 Å². The van der Waals surface area contributed by atoms with Gasteiger partial charge >= 0.3 is 0 Å². The van der Waals surface area contributed by atoms with Gasteiger partial charge in [-0.25, -0.2) is 0 Å². The molecule has 0 saturated carbocycles. The Morgan fingerprint density at radius 2 is 2.00 bits per heavy atom. The normalized spacial score (nSPS) is 16.6. The summed E-state index contributed by atoms with van der Waals surface area (Å²) in [7, 11) is 6.11. The van der Waals surface area contributed by atoms with E-state index in [4.69, 9.17) is 4.74 Å². The SMILES string of the molecule is CNc1cc(CN2CCOCC2)ccc1N(C)C. The van der Waals surface area contributed by atoms with Crippen LogP contribution in [0.5, 0.6) is 0 Å². The first kappa shape index (κ1) is 13.2. The van der Waals surface area contributed by atoms with Gasteiger partial charge in [0.15, 0.2) is 0 Å². The zero-order valence-electron chi connectivity index (χ0n) is 11.6. The summed E-state index contributed by atoms with van der Waals surface area (Å²) in [5, 5.41) is 3.27. The maximum Gasteiger partial charge on any atom is 0.0596 e. The lowest BCUT2D eigenvalue weighted by Crippen LogP contribution is -2.35. The van der Waals surface area contributed by atoms with Crippen molar-refractivity contribution in [3.05, 3.63) is 23.8 Å². The second kappa shape index (κ2) is 6.07. The predicted molar refractivity (Wildman–Crippen MR) is 76.4 cm³/mol. The van der Waals surface area contributed by atoms with Crippen molar-refractivity contribution < 1.29 is 4.74 Å². The smallest absolute Gasteiger partial charge is 0.0596 e. The van der Waals surface area contributed by atoms with Gasteiger partial charge in [-0.1, -0.05) is 6.07 Å². The number of hydrogen-bond acceptors (Lipinski definition) is 4. The van der Waals surface area contributed by atoms with Gasteiger partial charge in [-0.15, -0.1) is 0 Å². The fourth-order valence-electron chi connectivity index (χ4n) is 2.29. The van der Waals surface area contributed by atoms with Gasteiger partial charge in [0, 0.05) is 40.8 Å². The van der Waals surface area contributed by atoms with Gasteiger partial charge in [-0.2, -0.15) is 0 Å². The molecule has 4 nitrogen and oxygen atoms in total. The second-order valence-electron chi connectivity index (χ2n) is 4.88. The van der Waals surface area contributed by atoms with Gasteiger partial charge in [0.2, 0.25) is 0 Å². The Labute approximate surface area is 110 Å². The molecule has 0 atom stereocenters. The molecule has 0 amide bonds. The molecule has 1 heterocycles. The molecule has 1 fully saturated rings. The first-order valence-electron chi connectivity index (χ1n) is 6.49. The van der Waals surface area contributed by atoms with Crippen LogP contribution in [0.1, 0.15) is 5.56 Å². The van der Waals surface area contributed by atoms with Gasteiger partial charge < -0.3 is 15.0 Å². The highest BCUT2D eigenvalue weighted by molar-refractivity contribution is 5.70. The number of nitrogens with one attached hydrogen (secondary N) is 1. The number of rotatable bonds is 4. The first-order chi connectivity index (χ1) is 8.70. The average Bonchev–Trinajstić information content (AvgIpc) is 2.39. The van der Waals surface area contributed by atoms with Gasteiger partial charge in [-0.05, 0) is 17.7 Å². The molecule has 1 aliphatic heterocycles. The Bertz CT molecular complexity index is 387. The van der Waals surface area contributed by atoms with Crippen LogP contribution in [0, 0.1) is 0 Å². The van der Waals surface area contributed by atoms with E-state index in [2.05, 4.69) is 47.4 Å². The summed E-state index contributed by atoms with van der Waals surface area (Å²) in [6.07, 6.45) is 0. The monoisotopic (exact) mass is 249 g/mol. The van der Waals surface area contributed by atoms with E-state index in [1.807, 2.05) is 7.05 Å². The molecule has 2 rings (SSSR count). The number of morpholine rings is 1. The van der Waals surface area contributed by atoms with E-state index in [1.165, 1.54) is 16.9 Å². The molecule has 1 N–H and O–H groups in total. The highest BCUT2D eigenvalue weighted by Gasteiger charge is 2.12. The van der Waals surface area contributed by atoms with Crippen molar-refractivity contribution in [1.29, 1.82) is 0 Å². The molecular weight excluding hydrogens is 226 g/mol. The summed E-state index contributed by atoms with van der Waals surface area (Å²) in [5.74, 6) is 0. The second-order valence-corrected chi connectivity index (χ2v) is 4.88. The summed E-state index contributed by atoms with van der Waals surface area (Å²) in [4.78, 5) is 4.57. The number of nitrogens with zero attached hydrogens (tertiary/aromatic N) is 2. The van der Waals surface area contributed by atoms with Crippen molar-refractivity contribution in [3.63, 3.8) is 0 Å². The van der Waals surface area contributed by atoms with Crippen LogP contribution in [0.3, 0.4) is 0 Å². The first-order valence-corrected chi connectivity index (χ1v) is 6.49. The van der Waals surface area contributed by atoms with E-state index < -0.39 is 0 Å². The topological polar surface area (TPSA) is 27.7 Å². The van der Waals surface area contributed by atoms with Crippen LogP contribution < -0.4 is 10.2 Å². The number of benzene rings is 1. The van der Waals surface area contributed by atoms with E-state index >= 15 is 0 Å². The van der Waals surface area contributed by atoms with Crippen LogP contribution in [0.25, 0.3) is 0 Å². The fraction of sp³-hybridized carbons (Fsp3) is 0.571. The lowest BCUT2D eigenvalue weighted by atomic mass is 10.1. The standard InChI is InChI=1S/C14H23N3O/c1-15-13-10-12(4-5-14(13)16(2)3)11-17-6-8-18-9-7-17/h4-5,10,15H,6-9,11H2,1-3H3. The van der Waals surface area contributed by atoms with Gasteiger partial charge in [0.05, 0.1) is 24.6 Å². The molecule has 4 heteroatoms. The highest BCUT2D eigenvalue weighted by Crippen LogP contribution is 2.25. The third-order valence-corrected chi connectivity index (χ3v) is 3.32. The minimum absolute atomic E-state index is 0.856. The summed E-state index contributed by atoms with van der Waals surface area (Å²) in [6.45, 7) is 4.78. The maximum absolute atomic E-state index is 5.37. The number of hydrogen-bond donors (Lipinski definition) is 1. The van der Waals surface area contributed by atoms with Gasteiger partial charge in [0.1, 0.15) is 0 Å². The summed E-state index contributed by atoms with van der Waals surface area (Å²) < 4.78 is 5.37.